The molecule has 0 bridgehead atoms. The Morgan fingerprint density at radius 2 is 1.82 bits per heavy atom. The summed E-state index contributed by atoms with van der Waals surface area (Å²) in [6.07, 6.45) is 1.41. The van der Waals surface area contributed by atoms with Gasteiger partial charge in [-0.3, -0.25) is 9.10 Å². The van der Waals surface area contributed by atoms with Gasteiger partial charge < -0.3 is 5.32 Å². The van der Waals surface area contributed by atoms with Crippen molar-refractivity contribution >= 4 is 21.6 Å². The molecule has 1 aliphatic rings. The van der Waals surface area contributed by atoms with E-state index < -0.39 is 10.0 Å². The number of nitrogens with zero attached hydrogens (tertiary/aromatic N) is 1. The predicted molar refractivity (Wildman–Crippen MR) is 113 cm³/mol. The monoisotopic (exact) mass is 400 g/mol. The van der Waals surface area contributed by atoms with Crippen molar-refractivity contribution in [1.82, 2.24) is 5.32 Å². The molecule has 2 aromatic rings. The van der Waals surface area contributed by atoms with E-state index >= 15 is 0 Å². The minimum Gasteiger partial charge on any atom is -0.345 e. The summed E-state index contributed by atoms with van der Waals surface area (Å²) in [7, 11) is -3.27. The lowest BCUT2D eigenvalue weighted by atomic mass is 9.85. The van der Waals surface area contributed by atoms with Gasteiger partial charge in [-0.2, -0.15) is 0 Å². The molecule has 150 valence electrons. The van der Waals surface area contributed by atoms with E-state index in [1.54, 1.807) is 24.3 Å². The number of amides is 1. The van der Waals surface area contributed by atoms with Crippen LogP contribution in [-0.4, -0.2) is 26.6 Å². The van der Waals surface area contributed by atoms with Gasteiger partial charge in [0.15, 0.2) is 0 Å². The van der Waals surface area contributed by atoms with E-state index in [-0.39, 0.29) is 23.1 Å². The van der Waals surface area contributed by atoms with Crippen LogP contribution in [0.1, 0.15) is 55.6 Å². The molecule has 0 aliphatic carbocycles. The summed E-state index contributed by atoms with van der Waals surface area (Å²) < 4.78 is 25.8. The molecule has 1 heterocycles. The molecule has 0 saturated carbocycles. The largest absolute Gasteiger partial charge is 0.345 e. The zero-order valence-corrected chi connectivity index (χ0v) is 17.5. The molecule has 1 amide bonds. The first kappa shape index (κ1) is 20.4. The third kappa shape index (κ3) is 4.93. The van der Waals surface area contributed by atoms with Crippen molar-refractivity contribution in [1.29, 1.82) is 0 Å². The van der Waals surface area contributed by atoms with Crippen LogP contribution in [0.25, 0.3) is 0 Å². The Morgan fingerprint density at radius 3 is 2.43 bits per heavy atom. The molecule has 1 aliphatic heterocycles. The number of hydrogen-bond donors (Lipinski definition) is 1. The van der Waals surface area contributed by atoms with Crippen LogP contribution in [0.5, 0.6) is 0 Å². The SMILES string of the molecule is CC(C)(C)CC(NC(=O)c1cccc(N2CCCS2(=O)=O)c1)c1ccccc1. The average molecular weight is 401 g/mol. The molecule has 0 spiro atoms. The highest BCUT2D eigenvalue weighted by atomic mass is 32.2. The smallest absolute Gasteiger partial charge is 0.251 e. The van der Waals surface area contributed by atoms with Crippen molar-refractivity contribution in [2.45, 2.75) is 39.7 Å². The molecule has 1 atom stereocenters. The maximum absolute atomic E-state index is 13.0. The summed E-state index contributed by atoms with van der Waals surface area (Å²) in [5, 5.41) is 3.14. The summed E-state index contributed by atoms with van der Waals surface area (Å²) in [4.78, 5) is 13.0. The molecular weight excluding hydrogens is 372 g/mol. The van der Waals surface area contributed by atoms with Gasteiger partial charge in [0, 0.05) is 12.1 Å². The number of carbonyl (C=O) groups is 1. The topological polar surface area (TPSA) is 66.5 Å². The van der Waals surface area contributed by atoms with Crippen LogP contribution >= 0.6 is 0 Å². The van der Waals surface area contributed by atoms with Crippen molar-refractivity contribution in [2.24, 2.45) is 5.41 Å². The Bertz CT molecular complexity index is 934. The first-order valence-corrected chi connectivity index (χ1v) is 11.2. The van der Waals surface area contributed by atoms with E-state index in [0.717, 1.165) is 12.0 Å². The third-order valence-corrected chi connectivity index (χ3v) is 6.69. The molecule has 0 radical (unpaired) electrons. The lowest BCUT2D eigenvalue weighted by molar-refractivity contribution is 0.0926. The van der Waals surface area contributed by atoms with Crippen LogP contribution < -0.4 is 9.62 Å². The van der Waals surface area contributed by atoms with Crippen molar-refractivity contribution in [3.8, 4) is 0 Å². The van der Waals surface area contributed by atoms with Gasteiger partial charge in [-0.05, 0) is 42.0 Å². The van der Waals surface area contributed by atoms with E-state index in [1.807, 2.05) is 30.3 Å². The Labute approximate surface area is 167 Å². The molecule has 1 saturated heterocycles. The molecule has 1 fully saturated rings. The fraction of sp³-hybridized carbons (Fsp3) is 0.409. The highest BCUT2D eigenvalue weighted by molar-refractivity contribution is 7.93. The average Bonchev–Trinajstić information content (AvgIpc) is 3.00. The van der Waals surface area contributed by atoms with Gasteiger partial charge in [-0.15, -0.1) is 0 Å². The minimum atomic E-state index is -3.27. The third-order valence-electron chi connectivity index (χ3n) is 4.82. The van der Waals surface area contributed by atoms with Gasteiger partial charge in [-0.25, -0.2) is 8.42 Å². The normalized spacial score (nSPS) is 17.3. The first-order chi connectivity index (χ1) is 13.2. The highest BCUT2D eigenvalue weighted by Gasteiger charge is 2.29. The van der Waals surface area contributed by atoms with E-state index in [9.17, 15) is 13.2 Å². The van der Waals surface area contributed by atoms with Gasteiger partial charge in [0.05, 0.1) is 17.5 Å². The summed E-state index contributed by atoms with van der Waals surface area (Å²) in [5.74, 6) is -0.0398. The quantitative estimate of drug-likeness (QED) is 0.820. The zero-order chi connectivity index (χ0) is 20.4. The maximum Gasteiger partial charge on any atom is 0.251 e. The number of anilines is 1. The van der Waals surface area contributed by atoms with Crippen LogP contribution in [0.15, 0.2) is 54.6 Å². The molecule has 3 rings (SSSR count). The van der Waals surface area contributed by atoms with Crippen molar-refractivity contribution < 1.29 is 13.2 Å². The number of sulfonamides is 1. The summed E-state index contributed by atoms with van der Waals surface area (Å²) in [5.41, 5.74) is 2.12. The Balaban J connectivity index is 1.83. The molecular formula is C22H28N2O3S. The van der Waals surface area contributed by atoms with Crippen molar-refractivity contribution in [3.63, 3.8) is 0 Å². The molecule has 1 N–H and O–H groups in total. The fourth-order valence-corrected chi connectivity index (χ4v) is 5.08. The molecule has 1 unspecified atom stereocenters. The van der Waals surface area contributed by atoms with E-state index in [2.05, 4.69) is 26.1 Å². The predicted octanol–water partition coefficient (Wildman–Crippen LogP) is 4.13. The van der Waals surface area contributed by atoms with Gasteiger partial charge in [0.2, 0.25) is 10.0 Å². The van der Waals surface area contributed by atoms with Crippen LogP contribution in [-0.2, 0) is 10.0 Å². The maximum atomic E-state index is 13.0. The summed E-state index contributed by atoms with van der Waals surface area (Å²) in [6.45, 7) is 6.90. The number of nitrogens with one attached hydrogen (secondary N) is 1. The van der Waals surface area contributed by atoms with Crippen LogP contribution in [0, 0.1) is 5.41 Å². The lowest BCUT2D eigenvalue weighted by Crippen LogP contribution is -2.31. The zero-order valence-electron chi connectivity index (χ0n) is 16.7. The van der Waals surface area contributed by atoms with Crippen LogP contribution in [0.4, 0.5) is 5.69 Å². The molecule has 2 aromatic carbocycles. The second-order valence-electron chi connectivity index (χ2n) is 8.49. The van der Waals surface area contributed by atoms with E-state index in [1.165, 1.54) is 4.31 Å². The molecule has 0 aromatic heterocycles. The van der Waals surface area contributed by atoms with E-state index in [4.69, 9.17) is 0 Å². The van der Waals surface area contributed by atoms with Gasteiger partial charge in [-0.1, -0.05) is 57.2 Å². The molecule has 6 heteroatoms. The highest BCUT2D eigenvalue weighted by Crippen LogP contribution is 2.30. The minimum absolute atomic E-state index is 0.0409. The number of benzene rings is 2. The summed E-state index contributed by atoms with van der Waals surface area (Å²) >= 11 is 0. The number of carbonyl (C=O) groups excluding carboxylic acids is 1. The molecule has 28 heavy (non-hydrogen) atoms. The lowest BCUT2D eigenvalue weighted by Gasteiger charge is -2.27. The van der Waals surface area contributed by atoms with Gasteiger partial charge >= 0.3 is 0 Å². The standard InChI is InChI=1S/C22H28N2O3S/c1-22(2,3)16-20(17-9-5-4-6-10-17)23-21(25)18-11-7-12-19(15-18)24-13-8-14-28(24,26)27/h4-7,9-12,15,20H,8,13-14,16H2,1-3H3,(H,23,25). The Morgan fingerprint density at radius 1 is 1.11 bits per heavy atom. The number of rotatable bonds is 5. The summed E-state index contributed by atoms with van der Waals surface area (Å²) in [6, 6.07) is 16.7. The van der Waals surface area contributed by atoms with Crippen molar-refractivity contribution in [3.05, 3.63) is 65.7 Å². The second kappa shape index (κ2) is 7.95. The second-order valence-corrected chi connectivity index (χ2v) is 10.5. The van der Waals surface area contributed by atoms with E-state index in [0.29, 0.717) is 24.2 Å². The van der Waals surface area contributed by atoms with Gasteiger partial charge in [0.25, 0.3) is 5.91 Å². The van der Waals surface area contributed by atoms with Crippen LogP contribution in [0.3, 0.4) is 0 Å². The fourth-order valence-electron chi connectivity index (χ4n) is 3.52. The number of hydrogen-bond acceptors (Lipinski definition) is 3. The molecule has 5 nitrogen and oxygen atoms in total. The van der Waals surface area contributed by atoms with Gasteiger partial charge in [0.1, 0.15) is 0 Å². The first-order valence-electron chi connectivity index (χ1n) is 9.62. The Hall–Kier alpha value is -2.34. The van der Waals surface area contributed by atoms with Crippen molar-refractivity contribution in [2.75, 3.05) is 16.6 Å². The Kier molecular flexibility index (Phi) is 5.79. The van der Waals surface area contributed by atoms with Crippen LogP contribution in [0.2, 0.25) is 0 Å².